The molecule has 8 heteroatoms. The van der Waals surface area contributed by atoms with Crippen molar-refractivity contribution in [3.05, 3.63) is 27.2 Å². The number of carbonyl (C=O) groups excluding carboxylic acids is 1. The van der Waals surface area contributed by atoms with E-state index in [9.17, 15) is 19.5 Å². The van der Waals surface area contributed by atoms with Gasteiger partial charge in [-0.05, 0) is 30.9 Å². The Morgan fingerprint density at radius 1 is 1.33 bits per heavy atom. The monoisotopic (exact) mass is 334 g/mol. The number of carboxylic acids is 1. The third-order valence-corrected chi connectivity index (χ3v) is 4.16. The van der Waals surface area contributed by atoms with Gasteiger partial charge in [0, 0.05) is 12.7 Å². The maximum atomic E-state index is 12.3. The second-order valence-electron chi connectivity index (χ2n) is 6.30. The van der Waals surface area contributed by atoms with E-state index in [1.807, 2.05) is 0 Å². The predicted octanol–water partition coefficient (Wildman–Crippen LogP) is 0.646. The van der Waals surface area contributed by atoms with Crippen molar-refractivity contribution < 1.29 is 14.7 Å². The van der Waals surface area contributed by atoms with E-state index in [2.05, 4.69) is 15.4 Å². The first-order valence-corrected chi connectivity index (χ1v) is 7.70. The molecule has 24 heavy (non-hydrogen) atoms. The molecular formula is C16H22N4O4. The Balaban J connectivity index is 2.36. The Hall–Kier alpha value is -2.64. The van der Waals surface area contributed by atoms with Gasteiger partial charge >= 0.3 is 5.97 Å². The van der Waals surface area contributed by atoms with Gasteiger partial charge in [-0.3, -0.25) is 19.4 Å². The number of nitrogens with zero attached hydrogens (tertiary/aromatic N) is 2. The van der Waals surface area contributed by atoms with Crippen LogP contribution in [0, 0.1) is 19.8 Å². The van der Waals surface area contributed by atoms with E-state index in [1.54, 1.807) is 39.4 Å². The minimum absolute atomic E-state index is 0.0224. The number of carboxylic acid groups (broad SMARTS) is 1. The molecule has 0 saturated heterocycles. The van der Waals surface area contributed by atoms with Crippen molar-refractivity contribution in [1.82, 2.24) is 20.1 Å². The fraction of sp³-hybridized carbons (Fsp3) is 0.500. The van der Waals surface area contributed by atoms with Gasteiger partial charge in [-0.2, -0.15) is 0 Å². The van der Waals surface area contributed by atoms with Crippen molar-refractivity contribution in [3.8, 4) is 0 Å². The summed E-state index contributed by atoms with van der Waals surface area (Å²) in [4.78, 5) is 39.9. The number of aryl methyl sites for hydroxylation is 3. The average molecular weight is 334 g/mol. The lowest BCUT2D eigenvalue weighted by Crippen LogP contribution is -2.45. The summed E-state index contributed by atoms with van der Waals surface area (Å²) < 4.78 is 1.54. The topological polar surface area (TPSA) is 117 Å². The molecule has 2 rings (SSSR count). The van der Waals surface area contributed by atoms with Crippen LogP contribution >= 0.6 is 0 Å². The SMILES string of the molecule is Cc1nc2c(c(C)c1CC(=O)N[C@@H](C(=O)O)C(C)C)c(=O)[nH]n2C. The molecule has 0 fully saturated rings. The third-order valence-electron chi connectivity index (χ3n) is 4.16. The van der Waals surface area contributed by atoms with Crippen LogP contribution in [0.2, 0.25) is 0 Å². The zero-order chi connectivity index (χ0) is 18.2. The highest BCUT2D eigenvalue weighted by Crippen LogP contribution is 2.20. The fourth-order valence-corrected chi connectivity index (χ4v) is 2.81. The first kappa shape index (κ1) is 17.7. The Morgan fingerprint density at radius 3 is 2.50 bits per heavy atom. The van der Waals surface area contributed by atoms with Crippen LogP contribution in [0.1, 0.15) is 30.7 Å². The van der Waals surface area contributed by atoms with Crippen LogP contribution < -0.4 is 10.9 Å². The average Bonchev–Trinajstić information content (AvgIpc) is 2.74. The van der Waals surface area contributed by atoms with Gasteiger partial charge in [0.15, 0.2) is 5.65 Å². The summed E-state index contributed by atoms with van der Waals surface area (Å²) in [5, 5.41) is 14.8. The molecule has 130 valence electrons. The van der Waals surface area contributed by atoms with Gasteiger partial charge in [-0.1, -0.05) is 13.8 Å². The molecule has 0 bridgehead atoms. The van der Waals surface area contributed by atoms with Crippen molar-refractivity contribution in [2.45, 2.75) is 40.2 Å². The van der Waals surface area contributed by atoms with E-state index in [0.717, 1.165) is 0 Å². The number of amides is 1. The summed E-state index contributed by atoms with van der Waals surface area (Å²) in [6, 6.07) is -0.949. The van der Waals surface area contributed by atoms with Crippen LogP contribution in [0.15, 0.2) is 4.79 Å². The lowest BCUT2D eigenvalue weighted by Gasteiger charge is -2.18. The quantitative estimate of drug-likeness (QED) is 0.742. The summed E-state index contributed by atoms with van der Waals surface area (Å²) in [5.41, 5.74) is 2.24. The second-order valence-corrected chi connectivity index (χ2v) is 6.30. The van der Waals surface area contributed by atoms with Crippen LogP contribution in [0.4, 0.5) is 0 Å². The molecule has 0 aliphatic heterocycles. The number of pyridine rings is 1. The molecule has 2 aromatic rings. The summed E-state index contributed by atoms with van der Waals surface area (Å²) in [5.74, 6) is -1.71. The van der Waals surface area contributed by atoms with E-state index in [-0.39, 0.29) is 17.9 Å². The van der Waals surface area contributed by atoms with Crippen molar-refractivity contribution in [2.24, 2.45) is 13.0 Å². The van der Waals surface area contributed by atoms with Crippen LogP contribution in [0.25, 0.3) is 11.0 Å². The van der Waals surface area contributed by atoms with E-state index < -0.39 is 17.9 Å². The first-order valence-electron chi connectivity index (χ1n) is 7.70. The third kappa shape index (κ3) is 3.17. The highest BCUT2D eigenvalue weighted by atomic mass is 16.4. The van der Waals surface area contributed by atoms with Gasteiger partial charge in [0.1, 0.15) is 6.04 Å². The maximum absolute atomic E-state index is 12.3. The summed E-state index contributed by atoms with van der Waals surface area (Å²) >= 11 is 0. The number of fused-ring (bicyclic) bond motifs is 1. The molecule has 0 radical (unpaired) electrons. The molecule has 0 saturated carbocycles. The van der Waals surface area contributed by atoms with Gasteiger partial charge in [0.05, 0.1) is 11.8 Å². The zero-order valence-electron chi connectivity index (χ0n) is 14.4. The number of rotatable bonds is 5. The largest absolute Gasteiger partial charge is 0.480 e. The van der Waals surface area contributed by atoms with Crippen molar-refractivity contribution in [2.75, 3.05) is 0 Å². The molecule has 2 aromatic heterocycles. The summed E-state index contributed by atoms with van der Waals surface area (Å²) in [6.45, 7) is 7.00. The van der Waals surface area contributed by atoms with E-state index in [4.69, 9.17) is 0 Å². The number of hydrogen-bond donors (Lipinski definition) is 3. The number of aromatic nitrogens is 3. The maximum Gasteiger partial charge on any atom is 0.326 e. The zero-order valence-corrected chi connectivity index (χ0v) is 14.4. The van der Waals surface area contributed by atoms with Gasteiger partial charge in [0.2, 0.25) is 5.91 Å². The summed E-state index contributed by atoms with van der Waals surface area (Å²) in [7, 11) is 1.70. The van der Waals surface area contributed by atoms with Crippen LogP contribution in [0.3, 0.4) is 0 Å². The Morgan fingerprint density at radius 2 is 1.96 bits per heavy atom. The molecule has 1 atom stereocenters. The van der Waals surface area contributed by atoms with Gasteiger partial charge in [-0.25, -0.2) is 9.78 Å². The van der Waals surface area contributed by atoms with Gasteiger partial charge < -0.3 is 10.4 Å². The fourth-order valence-electron chi connectivity index (χ4n) is 2.81. The minimum atomic E-state index is -1.07. The van der Waals surface area contributed by atoms with E-state index in [1.165, 1.54) is 0 Å². The van der Waals surface area contributed by atoms with Crippen molar-refractivity contribution >= 4 is 22.9 Å². The van der Waals surface area contributed by atoms with Gasteiger partial charge in [0.25, 0.3) is 5.56 Å². The Labute approximate surface area is 138 Å². The van der Waals surface area contributed by atoms with Crippen molar-refractivity contribution in [1.29, 1.82) is 0 Å². The van der Waals surface area contributed by atoms with Gasteiger partial charge in [-0.15, -0.1) is 0 Å². The number of carbonyl (C=O) groups is 2. The predicted molar refractivity (Wildman–Crippen MR) is 88.9 cm³/mol. The standard InChI is InChI=1S/C16H22N4O4/c1-7(2)13(16(23)24)18-11(21)6-10-8(3)12-14(17-9(10)4)20(5)19-15(12)22/h7,13H,6H2,1-5H3,(H,18,21)(H,19,22)(H,23,24)/t13-/m1/s1. The van der Waals surface area contributed by atoms with E-state index in [0.29, 0.717) is 27.9 Å². The normalized spacial score (nSPS) is 12.6. The molecule has 0 spiro atoms. The lowest BCUT2D eigenvalue weighted by molar-refractivity contribution is -0.143. The van der Waals surface area contributed by atoms with Crippen molar-refractivity contribution in [3.63, 3.8) is 0 Å². The number of nitrogens with one attached hydrogen (secondary N) is 2. The Kier molecular flexibility index (Phi) is 4.77. The second kappa shape index (κ2) is 6.46. The summed E-state index contributed by atoms with van der Waals surface area (Å²) in [6.07, 6.45) is -0.0224. The highest BCUT2D eigenvalue weighted by Gasteiger charge is 2.24. The van der Waals surface area contributed by atoms with Crippen LogP contribution in [-0.4, -0.2) is 37.8 Å². The molecule has 0 unspecified atom stereocenters. The molecule has 1 amide bonds. The molecule has 8 nitrogen and oxygen atoms in total. The smallest absolute Gasteiger partial charge is 0.326 e. The lowest BCUT2D eigenvalue weighted by atomic mass is 10.00. The molecule has 3 N–H and O–H groups in total. The number of hydrogen-bond acceptors (Lipinski definition) is 4. The number of aliphatic carboxylic acids is 1. The molecule has 0 aromatic carbocycles. The number of H-pyrrole nitrogens is 1. The first-order chi connectivity index (χ1) is 11.1. The number of aromatic amines is 1. The molecule has 0 aliphatic rings. The van der Waals surface area contributed by atoms with Crippen LogP contribution in [-0.2, 0) is 23.1 Å². The van der Waals surface area contributed by atoms with E-state index >= 15 is 0 Å². The van der Waals surface area contributed by atoms with Crippen LogP contribution in [0.5, 0.6) is 0 Å². The molecule has 0 aliphatic carbocycles. The minimum Gasteiger partial charge on any atom is -0.480 e. The Bertz CT molecular complexity index is 863. The highest BCUT2D eigenvalue weighted by molar-refractivity contribution is 5.87. The molecule has 2 heterocycles. The molecular weight excluding hydrogens is 312 g/mol.